The molecule has 4 aliphatic rings. The van der Waals surface area contributed by atoms with Crippen molar-refractivity contribution in [3.05, 3.63) is 35.9 Å². The summed E-state index contributed by atoms with van der Waals surface area (Å²) >= 11 is 1.23. The predicted octanol–water partition coefficient (Wildman–Crippen LogP) is 6.07. The summed E-state index contributed by atoms with van der Waals surface area (Å²) in [6.07, 6.45) is 12.7. The zero-order valence-corrected chi connectivity index (χ0v) is 21.7. The summed E-state index contributed by atoms with van der Waals surface area (Å²) < 4.78 is 5.61. The second kappa shape index (κ2) is 8.92. The molecule has 0 spiro atoms. The number of carbonyl (C=O) groups is 2. The lowest BCUT2D eigenvalue weighted by Gasteiger charge is -2.60. The lowest BCUT2D eigenvalue weighted by Crippen LogP contribution is -2.61. The van der Waals surface area contributed by atoms with E-state index in [0.29, 0.717) is 40.8 Å². The average Bonchev–Trinajstić information content (AvgIpc) is 3.22. The molecule has 5 nitrogen and oxygen atoms in total. The molecule has 6 heteroatoms. The fourth-order valence-corrected chi connectivity index (χ4v) is 8.50. The smallest absolute Gasteiger partial charge is 0.261 e. The number of rotatable bonds is 5. The molecule has 0 aromatic heterocycles. The zero-order valence-electron chi connectivity index (χ0n) is 20.9. The van der Waals surface area contributed by atoms with Crippen LogP contribution in [0.25, 0.3) is 0 Å². The van der Waals surface area contributed by atoms with Gasteiger partial charge in [-0.25, -0.2) is 0 Å². The predicted molar refractivity (Wildman–Crippen MR) is 137 cm³/mol. The van der Waals surface area contributed by atoms with Gasteiger partial charge < -0.3 is 14.4 Å². The van der Waals surface area contributed by atoms with Crippen LogP contribution in [-0.4, -0.2) is 35.6 Å². The maximum absolute atomic E-state index is 13.6. The normalized spacial score (nSPS) is 36.8. The molecule has 3 fully saturated rings. The van der Waals surface area contributed by atoms with Crippen LogP contribution in [0.1, 0.15) is 65.7 Å². The van der Waals surface area contributed by atoms with Gasteiger partial charge in [0.2, 0.25) is 0 Å². The van der Waals surface area contributed by atoms with E-state index in [0.717, 1.165) is 12.3 Å². The van der Waals surface area contributed by atoms with Gasteiger partial charge in [0, 0.05) is 24.3 Å². The first kappa shape index (κ1) is 23.8. The molecule has 6 atom stereocenters. The minimum Gasteiger partial charge on any atom is -0.424 e. The Hall–Kier alpha value is -1.95. The van der Waals surface area contributed by atoms with Crippen molar-refractivity contribution in [2.45, 2.75) is 71.8 Å². The summed E-state index contributed by atoms with van der Waals surface area (Å²) in [4.78, 5) is 29.1. The minimum atomic E-state index is -0.330. The summed E-state index contributed by atoms with van der Waals surface area (Å²) in [6, 6.07) is 7.56. The zero-order chi connectivity index (χ0) is 24.1. The molecule has 1 aromatic carbocycles. The van der Waals surface area contributed by atoms with Crippen molar-refractivity contribution >= 4 is 29.5 Å². The molecule has 1 N–H and O–H groups in total. The Bertz CT molecular complexity index is 1010. The van der Waals surface area contributed by atoms with Gasteiger partial charge in [-0.2, -0.15) is 0 Å². The number of anilines is 1. The molecule has 1 unspecified atom stereocenters. The first-order chi connectivity index (χ1) is 16.3. The number of benzene rings is 1. The Kier molecular flexibility index (Phi) is 6.24. The highest BCUT2D eigenvalue weighted by Gasteiger charge is 2.59. The van der Waals surface area contributed by atoms with E-state index in [1.54, 1.807) is 0 Å². The summed E-state index contributed by atoms with van der Waals surface area (Å²) in [5, 5.41) is 2.97. The van der Waals surface area contributed by atoms with Crippen LogP contribution in [0.3, 0.4) is 0 Å². The van der Waals surface area contributed by atoms with E-state index in [4.69, 9.17) is 4.18 Å². The third-order valence-corrected chi connectivity index (χ3v) is 10.1. The van der Waals surface area contributed by atoms with Crippen LogP contribution in [0.15, 0.2) is 35.9 Å². The largest absolute Gasteiger partial charge is 0.424 e. The van der Waals surface area contributed by atoms with Gasteiger partial charge in [-0.15, -0.1) is 0 Å². The van der Waals surface area contributed by atoms with E-state index < -0.39 is 0 Å². The van der Waals surface area contributed by atoms with Crippen LogP contribution < -0.4 is 9.50 Å². The number of carbonyl (C=O) groups excluding carboxylic acids is 2. The van der Waals surface area contributed by atoms with E-state index in [1.807, 2.05) is 42.3 Å². The fourth-order valence-electron chi connectivity index (χ4n) is 8.18. The molecule has 184 valence electrons. The van der Waals surface area contributed by atoms with Crippen LogP contribution in [-0.2, 0) is 9.59 Å². The number of likely N-dealkylation sites (N-methyl/N-ethyl adjacent to an activating group) is 1. The monoisotopic (exact) mass is 482 g/mol. The lowest BCUT2D eigenvalue weighted by molar-refractivity contribution is -0.143. The highest BCUT2D eigenvalue weighted by molar-refractivity contribution is 7.94. The average molecular weight is 483 g/mol. The Morgan fingerprint density at radius 2 is 1.94 bits per heavy atom. The van der Waals surface area contributed by atoms with Crippen molar-refractivity contribution in [3.63, 3.8) is 0 Å². The van der Waals surface area contributed by atoms with Gasteiger partial charge in [-0.05, 0) is 80.8 Å². The highest BCUT2D eigenvalue weighted by atomic mass is 32.2. The van der Waals surface area contributed by atoms with Crippen LogP contribution in [0.2, 0.25) is 0 Å². The maximum atomic E-state index is 13.6. The molecular weight excluding hydrogens is 444 g/mol. The van der Waals surface area contributed by atoms with E-state index >= 15 is 0 Å². The number of nitrogens with zero attached hydrogens (tertiary/aromatic N) is 1. The second-order valence-electron chi connectivity index (χ2n) is 11.3. The number of nitrogens with one attached hydrogen (secondary N) is 1. The fraction of sp³-hybridized carbons (Fsp3) is 0.643. The molecule has 5 rings (SSSR count). The van der Waals surface area contributed by atoms with Gasteiger partial charge >= 0.3 is 0 Å². The summed E-state index contributed by atoms with van der Waals surface area (Å²) in [5.74, 6) is 2.15. The van der Waals surface area contributed by atoms with Crippen molar-refractivity contribution < 1.29 is 13.8 Å². The molecule has 2 amide bonds. The lowest BCUT2D eigenvalue weighted by atomic mass is 9.48. The minimum absolute atomic E-state index is 0.134. The summed E-state index contributed by atoms with van der Waals surface area (Å²) in [7, 11) is 0. The molecule has 3 saturated carbocycles. The number of amides is 2. The summed E-state index contributed by atoms with van der Waals surface area (Å²) in [6.45, 7) is 7.52. The first-order valence-corrected chi connectivity index (χ1v) is 14.1. The third-order valence-electron chi connectivity index (χ3n) is 9.73. The van der Waals surface area contributed by atoms with Crippen LogP contribution in [0.4, 0.5) is 5.69 Å². The Labute approximate surface area is 208 Å². The first-order valence-electron chi connectivity index (χ1n) is 13.0. The molecule has 0 radical (unpaired) electrons. The summed E-state index contributed by atoms with van der Waals surface area (Å²) in [5.41, 5.74) is 1.20. The van der Waals surface area contributed by atoms with E-state index in [1.165, 1.54) is 50.6 Å². The van der Waals surface area contributed by atoms with Crippen molar-refractivity contribution in [2.75, 3.05) is 18.1 Å². The van der Waals surface area contributed by atoms with Crippen LogP contribution in [0, 0.1) is 28.6 Å². The maximum Gasteiger partial charge on any atom is 0.261 e. The van der Waals surface area contributed by atoms with Crippen LogP contribution >= 0.6 is 12.0 Å². The molecular formula is C28H38N2O3S. The van der Waals surface area contributed by atoms with Gasteiger partial charge in [-0.3, -0.25) is 9.59 Å². The number of fused-ring (bicyclic) bond motifs is 5. The Balaban J connectivity index is 1.49. The van der Waals surface area contributed by atoms with Crippen molar-refractivity contribution in [2.24, 2.45) is 28.6 Å². The molecule has 1 heterocycles. The van der Waals surface area contributed by atoms with Gasteiger partial charge in [-0.1, -0.05) is 38.5 Å². The van der Waals surface area contributed by atoms with Crippen molar-refractivity contribution in [3.8, 4) is 5.75 Å². The topological polar surface area (TPSA) is 58.6 Å². The van der Waals surface area contributed by atoms with Crippen LogP contribution in [0.5, 0.6) is 5.75 Å². The molecule has 34 heavy (non-hydrogen) atoms. The van der Waals surface area contributed by atoms with Crippen molar-refractivity contribution in [1.82, 2.24) is 4.90 Å². The molecule has 1 aliphatic heterocycles. The Morgan fingerprint density at radius 1 is 1.15 bits per heavy atom. The highest BCUT2D eigenvalue weighted by Crippen LogP contribution is 2.64. The number of hydrogen-bond acceptors (Lipinski definition) is 4. The quantitative estimate of drug-likeness (QED) is 0.409. The van der Waals surface area contributed by atoms with Crippen molar-refractivity contribution in [1.29, 1.82) is 0 Å². The van der Waals surface area contributed by atoms with Gasteiger partial charge in [0.15, 0.2) is 5.75 Å². The van der Waals surface area contributed by atoms with Gasteiger partial charge in [0.05, 0.1) is 17.7 Å². The standard InChI is InChI=1S/C28H38N2O3S/c1-5-30-24-13-12-18-20-9-8-15-27(20,2)16-14-21(18)28(24,3)17-19(26(30)32)25(31)29-22-10-6-7-11-23(22)33-34-4/h6-7,10-11,17-18,20-21,24H,5,8-9,12-16H2,1-4H3,(H,29,31)/t18-,20-,21+,24?,27-,28+/m0/s1. The Morgan fingerprint density at radius 3 is 2.71 bits per heavy atom. The molecule has 0 saturated heterocycles. The molecule has 1 aromatic rings. The van der Waals surface area contributed by atoms with Gasteiger partial charge in [0.1, 0.15) is 5.57 Å². The van der Waals surface area contributed by atoms with Gasteiger partial charge in [0.25, 0.3) is 11.8 Å². The van der Waals surface area contributed by atoms with E-state index in [2.05, 4.69) is 25.2 Å². The third kappa shape index (κ3) is 3.68. The van der Waals surface area contributed by atoms with E-state index in [-0.39, 0.29) is 23.3 Å². The number of hydrogen-bond donors (Lipinski definition) is 1. The number of para-hydroxylation sites is 2. The SMILES string of the molecule is CCN1C(=O)C(C(=O)Nc2ccccc2OSC)=C[C@@]2(C)C1CC[C@@H]1[C@H]2CC[C@]2(C)CCC[C@@H]12. The molecule has 3 aliphatic carbocycles. The second-order valence-corrected chi connectivity index (χ2v) is 11.8. The van der Waals surface area contributed by atoms with E-state index in [9.17, 15) is 9.59 Å². The molecule has 0 bridgehead atoms.